The molecule has 0 radical (unpaired) electrons. The second-order valence-corrected chi connectivity index (χ2v) is 5.70. The first-order valence-electron chi connectivity index (χ1n) is 7.59. The molecule has 2 aromatic rings. The summed E-state index contributed by atoms with van der Waals surface area (Å²) in [6.45, 7) is 1.44. The second-order valence-electron chi connectivity index (χ2n) is 5.26. The van der Waals surface area contributed by atoms with E-state index in [1.165, 1.54) is 5.56 Å². The average Bonchev–Trinajstić information content (AvgIpc) is 2.53. The molecular weight excluding hydrogens is 347 g/mol. The molecule has 0 unspecified atom stereocenters. The molecule has 0 fully saturated rings. The number of amides is 1. The van der Waals surface area contributed by atoms with Crippen molar-refractivity contribution >= 4 is 29.9 Å². The normalized spacial score (nSPS) is 10.0. The summed E-state index contributed by atoms with van der Waals surface area (Å²) < 4.78 is 5.86. The molecule has 24 heavy (non-hydrogen) atoms. The van der Waals surface area contributed by atoms with Crippen LogP contribution in [-0.4, -0.2) is 25.6 Å². The van der Waals surface area contributed by atoms with E-state index in [1.54, 1.807) is 0 Å². The first-order chi connectivity index (χ1) is 11.1. The van der Waals surface area contributed by atoms with E-state index in [0.717, 1.165) is 24.2 Å². The lowest BCUT2D eigenvalue weighted by Crippen LogP contribution is -2.29. The van der Waals surface area contributed by atoms with Gasteiger partial charge in [-0.05, 0) is 42.3 Å². The second kappa shape index (κ2) is 10.9. The molecule has 2 rings (SSSR count). The van der Waals surface area contributed by atoms with E-state index in [-0.39, 0.29) is 24.9 Å². The number of rotatable bonds is 9. The van der Waals surface area contributed by atoms with Crippen molar-refractivity contribution in [2.24, 2.45) is 5.73 Å². The molecule has 2 aromatic carbocycles. The fourth-order valence-electron chi connectivity index (χ4n) is 2.23. The number of nitrogens with two attached hydrogens (primary N) is 1. The molecule has 0 aliphatic carbocycles. The van der Waals surface area contributed by atoms with Crippen LogP contribution in [-0.2, 0) is 11.2 Å². The van der Waals surface area contributed by atoms with Crippen molar-refractivity contribution in [1.29, 1.82) is 0 Å². The molecule has 0 saturated carbocycles. The fraction of sp³-hybridized carbons (Fsp3) is 0.278. The highest BCUT2D eigenvalue weighted by Gasteiger charge is 2.06. The summed E-state index contributed by atoms with van der Waals surface area (Å²) in [5.41, 5.74) is 7.33. The largest absolute Gasteiger partial charge is 0.493 e. The Hall–Kier alpha value is -1.75. The van der Waals surface area contributed by atoms with E-state index in [9.17, 15) is 4.79 Å². The van der Waals surface area contributed by atoms with Gasteiger partial charge in [0.25, 0.3) is 0 Å². The van der Waals surface area contributed by atoms with Crippen molar-refractivity contribution in [1.82, 2.24) is 5.32 Å². The zero-order chi connectivity index (χ0) is 16.5. The highest BCUT2D eigenvalue weighted by molar-refractivity contribution is 6.30. The summed E-state index contributed by atoms with van der Waals surface area (Å²) in [5, 5.41) is 3.66. The molecule has 4 nitrogen and oxygen atoms in total. The van der Waals surface area contributed by atoms with Crippen molar-refractivity contribution in [2.45, 2.75) is 12.8 Å². The maximum atomic E-state index is 10.6. The molecule has 0 saturated heterocycles. The van der Waals surface area contributed by atoms with Crippen molar-refractivity contribution in [2.75, 3.05) is 19.7 Å². The van der Waals surface area contributed by atoms with Gasteiger partial charge in [0, 0.05) is 11.4 Å². The molecule has 6 heteroatoms. The monoisotopic (exact) mass is 368 g/mol. The summed E-state index contributed by atoms with van der Waals surface area (Å²) in [5.74, 6) is 0.488. The number of hydrogen-bond donors (Lipinski definition) is 2. The van der Waals surface area contributed by atoms with Crippen LogP contribution in [0.1, 0.15) is 17.5 Å². The van der Waals surface area contributed by atoms with Gasteiger partial charge >= 0.3 is 0 Å². The maximum Gasteiger partial charge on any atom is 0.231 e. The number of benzene rings is 2. The number of carbonyl (C=O) groups excluding carboxylic acids is 1. The van der Waals surface area contributed by atoms with Gasteiger partial charge in [0.05, 0.1) is 13.2 Å². The lowest BCUT2D eigenvalue weighted by atomic mass is 10.0. The van der Waals surface area contributed by atoms with Crippen LogP contribution in [0.25, 0.3) is 0 Å². The van der Waals surface area contributed by atoms with Crippen LogP contribution in [0.2, 0.25) is 5.02 Å². The summed E-state index contributed by atoms with van der Waals surface area (Å²) in [6, 6.07) is 15.9. The number of halogens is 2. The zero-order valence-electron chi connectivity index (χ0n) is 13.3. The molecular formula is C18H22Cl2N2O2. The predicted molar refractivity (Wildman–Crippen MR) is 100 cm³/mol. The first kappa shape index (κ1) is 20.3. The third-order valence-electron chi connectivity index (χ3n) is 3.31. The number of hydrogen-bond acceptors (Lipinski definition) is 3. The average molecular weight is 369 g/mol. The van der Waals surface area contributed by atoms with E-state index in [4.69, 9.17) is 22.1 Å². The molecule has 130 valence electrons. The molecule has 0 heterocycles. The number of primary amides is 1. The predicted octanol–water partition coefficient (Wildman–Crippen LogP) is 3.20. The number of nitrogens with one attached hydrogen (secondary N) is 1. The molecule has 1 amide bonds. The van der Waals surface area contributed by atoms with E-state index in [1.807, 2.05) is 36.4 Å². The van der Waals surface area contributed by atoms with Crippen molar-refractivity contribution in [3.8, 4) is 5.75 Å². The van der Waals surface area contributed by atoms with Crippen LogP contribution in [0.5, 0.6) is 5.75 Å². The zero-order valence-corrected chi connectivity index (χ0v) is 14.9. The van der Waals surface area contributed by atoms with Gasteiger partial charge in [-0.15, -0.1) is 12.4 Å². The summed E-state index contributed by atoms with van der Waals surface area (Å²) in [6.07, 6.45) is 1.57. The Labute approximate surface area is 153 Å². The molecule has 0 bridgehead atoms. The SMILES string of the molecule is Cl.NC(=O)CNCCCOc1ccc(Cl)cc1Cc1ccccc1. The Kier molecular flexibility index (Phi) is 9.23. The Bertz CT molecular complexity index is 636. The Morgan fingerprint density at radius 2 is 1.92 bits per heavy atom. The van der Waals surface area contributed by atoms with Crippen LogP contribution >= 0.6 is 24.0 Å². The minimum Gasteiger partial charge on any atom is -0.493 e. The van der Waals surface area contributed by atoms with E-state index in [0.29, 0.717) is 18.2 Å². The Morgan fingerprint density at radius 1 is 1.17 bits per heavy atom. The van der Waals surface area contributed by atoms with Crippen LogP contribution in [0.15, 0.2) is 48.5 Å². The van der Waals surface area contributed by atoms with Crippen molar-refractivity contribution in [3.05, 3.63) is 64.7 Å². The summed E-state index contributed by atoms with van der Waals surface area (Å²) >= 11 is 6.11. The van der Waals surface area contributed by atoms with Gasteiger partial charge in [0.2, 0.25) is 5.91 Å². The van der Waals surface area contributed by atoms with Gasteiger partial charge in [-0.25, -0.2) is 0 Å². The quantitative estimate of drug-likeness (QED) is 0.668. The lowest BCUT2D eigenvalue weighted by Gasteiger charge is -2.12. The molecule has 0 atom stereocenters. The van der Waals surface area contributed by atoms with Crippen LogP contribution < -0.4 is 15.8 Å². The summed E-state index contributed by atoms with van der Waals surface area (Å²) in [7, 11) is 0. The third-order valence-corrected chi connectivity index (χ3v) is 3.55. The van der Waals surface area contributed by atoms with E-state index >= 15 is 0 Å². The maximum absolute atomic E-state index is 10.6. The molecule has 0 spiro atoms. The van der Waals surface area contributed by atoms with Crippen molar-refractivity contribution < 1.29 is 9.53 Å². The van der Waals surface area contributed by atoms with E-state index in [2.05, 4.69) is 17.4 Å². The Morgan fingerprint density at radius 3 is 2.62 bits per heavy atom. The van der Waals surface area contributed by atoms with Crippen LogP contribution in [0.4, 0.5) is 0 Å². The molecule has 0 aliphatic rings. The van der Waals surface area contributed by atoms with Gasteiger partial charge in [0.15, 0.2) is 0 Å². The van der Waals surface area contributed by atoms with Gasteiger partial charge in [0.1, 0.15) is 5.75 Å². The molecule has 0 aliphatic heterocycles. The number of ether oxygens (including phenoxy) is 1. The number of carbonyl (C=O) groups is 1. The molecule has 0 aromatic heterocycles. The van der Waals surface area contributed by atoms with Crippen LogP contribution in [0.3, 0.4) is 0 Å². The topological polar surface area (TPSA) is 64.4 Å². The summed E-state index contributed by atoms with van der Waals surface area (Å²) in [4.78, 5) is 10.6. The Balaban J connectivity index is 0.00000288. The first-order valence-corrected chi connectivity index (χ1v) is 7.97. The third kappa shape index (κ3) is 7.21. The van der Waals surface area contributed by atoms with Crippen LogP contribution in [0, 0.1) is 0 Å². The van der Waals surface area contributed by atoms with Gasteiger partial charge in [-0.1, -0.05) is 41.9 Å². The lowest BCUT2D eigenvalue weighted by molar-refractivity contribution is -0.117. The fourth-order valence-corrected chi connectivity index (χ4v) is 2.43. The van der Waals surface area contributed by atoms with Gasteiger partial charge < -0.3 is 15.8 Å². The minimum absolute atomic E-state index is 0. The smallest absolute Gasteiger partial charge is 0.231 e. The molecule has 3 N–H and O–H groups in total. The minimum atomic E-state index is -0.353. The van der Waals surface area contributed by atoms with Crippen molar-refractivity contribution in [3.63, 3.8) is 0 Å². The highest BCUT2D eigenvalue weighted by Crippen LogP contribution is 2.25. The van der Waals surface area contributed by atoms with Gasteiger partial charge in [-0.3, -0.25) is 4.79 Å². The van der Waals surface area contributed by atoms with E-state index < -0.39 is 0 Å². The highest BCUT2D eigenvalue weighted by atomic mass is 35.5. The standard InChI is InChI=1S/C18H21ClN2O2.ClH/c19-16-7-8-17(23-10-4-9-21-13-18(20)22)15(12-16)11-14-5-2-1-3-6-14;/h1-3,5-8,12,21H,4,9-11,13H2,(H2,20,22);1H. The van der Waals surface area contributed by atoms with Gasteiger partial charge in [-0.2, -0.15) is 0 Å².